The number of para-hydroxylation sites is 1. The molecule has 7 nitrogen and oxygen atoms in total. The number of rotatable bonds is 8. The smallest absolute Gasteiger partial charge is 0.311 e. The van der Waals surface area contributed by atoms with Crippen molar-refractivity contribution in [2.24, 2.45) is 5.92 Å². The molecular weight excluding hydrogens is 386 g/mol. The first-order valence-corrected chi connectivity index (χ1v) is 9.78. The quantitative estimate of drug-likeness (QED) is 0.491. The molecule has 0 unspecified atom stereocenters. The van der Waals surface area contributed by atoms with Crippen molar-refractivity contribution in [3.05, 3.63) is 53.6 Å². The molecule has 2 aromatic carbocycles. The molecule has 0 aliphatic carbocycles. The van der Waals surface area contributed by atoms with Gasteiger partial charge in [0, 0.05) is 18.7 Å². The third-order valence-electron chi connectivity index (χ3n) is 5.17. The number of methoxy groups -OCH3 is 2. The summed E-state index contributed by atoms with van der Waals surface area (Å²) in [5.41, 5.74) is 2.13. The number of aryl methyl sites for hydroxylation is 1. The minimum Gasteiger partial charge on any atom is -0.497 e. The van der Waals surface area contributed by atoms with Gasteiger partial charge in [-0.05, 0) is 36.2 Å². The zero-order valence-electron chi connectivity index (χ0n) is 17.3. The topological polar surface area (TPSA) is 82.1 Å². The fourth-order valence-corrected chi connectivity index (χ4v) is 3.54. The van der Waals surface area contributed by atoms with E-state index in [1.54, 1.807) is 17.0 Å². The molecule has 1 heterocycles. The molecule has 0 spiro atoms. The predicted molar refractivity (Wildman–Crippen MR) is 111 cm³/mol. The van der Waals surface area contributed by atoms with Gasteiger partial charge in [0.2, 0.25) is 11.7 Å². The van der Waals surface area contributed by atoms with Crippen molar-refractivity contribution in [3.8, 4) is 11.5 Å². The van der Waals surface area contributed by atoms with Gasteiger partial charge in [0.05, 0.1) is 25.7 Å². The Morgan fingerprint density at radius 3 is 2.57 bits per heavy atom. The number of amides is 1. The van der Waals surface area contributed by atoms with E-state index in [2.05, 4.69) is 0 Å². The van der Waals surface area contributed by atoms with Crippen LogP contribution in [0.25, 0.3) is 0 Å². The second-order valence-electron chi connectivity index (χ2n) is 6.98. The first-order valence-electron chi connectivity index (χ1n) is 9.78. The molecule has 0 bridgehead atoms. The highest BCUT2D eigenvalue weighted by atomic mass is 16.5. The van der Waals surface area contributed by atoms with Crippen LogP contribution in [0.15, 0.2) is 42.5 Å². The van der Waals surface area contributed by atoms with Gasteiger partial charge in [0.15, 0.2) is 6.61 Å². The molecule has 1 atom stereocenters. The van der Waals surface area contributed by atoms with E-state index in [4.69, 9.17) is 14.2 Å². The summed E-state index contributed by atoms with van der Waals surface area (Å²) >= 11 is 0. The number of esters is 1. The Labute approximate surface area is 175 Å². The molecule has 2 aromatic rings. The summed E-state index contributed by atoms with van der Waals surface area (Å²) in [6.45, 7) is 1.83. The summed E-state index contributed by atoms with van der Waals surface area (Å²) < 4.78 is 15.6. The lowest BCUT2D eigenvalue weighted by atomic mass is 10.1. The summed E-state index contributed by atoms with van der Waals surface area (Å²) in [6.07, 6.45) is 0.847. The Kier molecular flexibility index (Phi) is 6.72. The van der Waals surface area contributed by atoms with E-state index in [9.17, 15) is 14.4 Å². The maximum atomic E-state index is 12.6. The highest BCUT2D eigenvalue weighted by Crippen LogP contribution is 2.29. The van der Waals surface area contributed by atoms with Crippen LogP contribution in [0.5, 0.6) is 11.5 Å². The third kappa shape index (κ3) is 4.45. The standard InChI is InChI=1S/C23H25NO6/c1-4-15-7-5-6-8-19(15)24-13-16(11-22(24)26)23(27)30-14-20(25)18-12-17(28-2)9-10-21(18)29-3/h5-10,12,16H,4,11,13-14H2,1-3H3/t16-/m1/s1. The lowest BCUT2D eigenvalue weighted by molar-refractivity contribution is -0.147. The lowest BCUT2D eigenvalue weighted by Gasteiger charge is -2.19. The zero-order chi connectivity index (χ0) is 21.7. The average molecular weight is 411 g/mol. The van der Waals surface area contributed by atoms with Gasteiger partial charge in [-0.1, -0.05) is 25.1 Å². The Morgan fingerprint density at radius 1 is 1.10 bits per heavy atom. The van der Waals surface area contributed by atoms with Crippen molar-refractivity contribution in [1.29, 1.82) is 0 Å². The van der Waals surface area contributed by atoms with E-state index in [0.717, 1.165) is 17.7 Å². The first-order chi connectivity index (χ1) is 14.5. The van der Waals surface area contributed by atoms with Crippen LogP contribution in [0, 0.1) is 5.92 Å². The van der Waals surface area contributed by atoms with Crippen LogP contribution in [0.3, 0.4) is 0 Å². The predicted octanol–water partition coefficient (Wildman–Crippen LogP) is 3.05. The Morgan fingerprint density at radius 2 is 1.87 bits per heavy atom. The fraction of sp³-hybridized carbons (Fsp3) is 0.348. The van der Waals surface area contributed by atoms with Crippen LogP contribution in [-0.2, 0) is 20.7 Å². The van der Waals surface area contributed by atoms with Crippen LogP contribution >= 0.6 is 0 Å². The van der Waals surface area contributed by atoms with E-state index in [-0.39, 0.29) is 24.4 Å². The van der Waals surface area contributed by atoms with E-state index in [0.29, 0.717) is 11.5 Å². The molecule has 7 heteroatoms. The summed E-state index contributed by atoms with van der Waals surface area (Å²) in [5.74, 6) is -0.833. The molecular formula is C23H25NO6. The molecule has 0 radical (unpaired) electrons. The average Bonchev–Trinajstić information content (AvgIpc) is 3.18. The zero-order valence-corrected chi connectivity index (χ0v) is 17.3. The van der Waals surface area contributed by atoms with Gasteiger partial charge in [0.25, 0.3) is 0 Å². The van der Waals surface area contributed by atoms with Crippen LogP contribution in [0.1, 0.15) is 29.3 Å². The Bertz CT molecular complexity index is 954. The molecule has 30 heavy (non-hydrogen) atoms. The lowest BCUT2D eigenvalue weighted by Crippen LogP contribution is -2.28. The number of Topliss-reactive ketones (excluding diaryl/α,β-unsaturated/α-hetero) is 1. The van der Waals surface area contributed by atoms with Gasteiger partial charge in [-0.3, -0.25) is 14.4 Å². The number of ketones is 1. The molecule has 1 amide bonds. The second kappa shape index (κ2) is 9.43. The minimum atomic E-state index is -0.609. The third-order valence-corrected chi connectivity index (χ3v) is 5.17. The number of anilines is 1. The van der Waals surface area contributed by atoms with E-state index >= 15 is 0 Å². The molecule has 158 valence electrons. The normalized spacial score (nSPS) is 15.8. The molecule has 0 aromatic heterocycles. The van der Waals surface area contributed by atoms with E-state index < -0.39 is 24.3 Å². The number of nitrogens with zero attached hydrogens (tertiary/aromatic N) is 1. The molecule has 1 aliphatic heterocycles. The van der Waals surface area contributed by atoms with Crippen molar-refractivity contribution in [2.75, 3.05) is 32.3 Å². The van der Waals surface area contributed by atoms with Crippen molar-refractivity contribution in [1.82, 2.24) is 0 Å². The van der Waals surface area contributed by atoms with Crippen LogP contribution < -0.4 is 14.4 Å². The first kappa shape index (κ1) is 21.4. The highest BCUT2D eigenvalue weighted by Gasteiger charge is 2.37. The minimum absolute atomic E-state index is 0.0630. The van der Waals surface area contributed by atoms with Gasteiger partial charge >= 0.3 is 5.97 Å². The molecule has 0 N–H and O–H groups in total. The number of hydrogen-bond donors (Lipinski definition) is 0. The SMILES string of the molecule is CCc1ccccc1N1C[C@H](C(=O)OCC(=O)c2cc(OC)ccc2OC)CC1=O. The van der Waals surface area contributed by atoms with Gasteiger partial charge in [-0.15, -0.1) is 0 Å². The number of carbonyl (C=O) groups excluding carboxylic acids is 3. The number of hydrogen-bond acceptors (Lipinski definition) is 6. The summed E-state index contributed by atoms with van der Waals surface area (Å²) in [5, 5.41) is 0. The maximum absolute atomic E-state index is 12.6. The molecule has 1 aliphatic rings. The molecule has 0 saturated carbocycles. The largest absolute Gasteiger partial charge is 0.497 e. The number of benzene rings is 2. The molecule has 3 rings (SSSR count). The van der Waals surface area contributed by atoms with Crippen molar-refractivity contribution >= 4 is 23.3 Å². The van der Waals surface area contributed by atoms with Gasteiger partial charge in [-0.2, -0.15) is 0 Å². The van der Waals surface area contributed by atoms with E-state index in [1.165, 1.54) is 20.3 Å². The Balaban J connectivity index is 1.65. The summed E-state index contributed by atoms with van der Waals surface area (Å²) in [4.78, 5) is 39.2. The van der Waals surface area contributed by atoms with Crippen LogP contribution in [0.4, 0.5) is 5.69 Å². The van der Waals surface area contributed by atoms with Crippen molar-refractivity contribution < 1.29 is 28.6 Å². The summed E-state index contributed by atoms with van der Waals surface area (Å²) in [7, 11) is 2.95. The molecule has 1 saturated heterocycles. The highest BCUT2D eigenvalue weighted by molar-refractivity contribution is 6.02. The van der Waals surface area contributed by atoms with Gasteiger partial charge in [-0.25, -0.2) is 0 Å². The van der Waals surface area contributed by atoms with Crippen molar-refractivity contribution in [2.45, 2.75) is 19.8 Å². The monoisotopic (exact) mass is 411 g/mol. The van der Waals surface area contributed by atoms with Gasteiger partial charge in [0.1, 0.15) is 11.5 Å². The Hall–Kier alpha value is -3.35. The maximum Gasteiger partial charge on any atom is 0.311 e. The number of carbonyl (C=O) groups is 3. The summed E-state index contributed by atoms with van der Waals surface area (Å²) in [6, 6.07) is 12.5. The van der Waals surface area contributed by atoms with Crippen LogP contribution in [0.2, 0.25) is 0 Å². The van der Waals surface area contributed by atoms with E-state index in [1.807, 2.05) is 31.2 Å². The molecule has 1 fully saturated rings. The van der Waals surface area contributed by atoms with Crippen LogP contribution in [-0.4, -0.2) is 45.0 Å². The number of ether oxygens (including phenoxy) is 3. The second-order valence-corrected chi connectivity index (χ2v) is 6.98. The van der Waals surface area contributed by atoms with Crippen molar-refractivity contribution in [3.63, 3.8) is 0 Å². The fourth-order valence-electron chi connectivity index (χ4n) is 3.54. The van der Waals surface area contributed by atoms with Gasteiger partial charge < -0.3 is 19.1 Å².